The number of nitrogens with one attached hydrogen (secondary N) is 2. The molecule has 110 valence electrons. The summed E-state index contributed by atoms with van der Waals surface area (Å²) < 4.78 is 0. The Balaban J connectivity index is 1.84. The Labute approximate surface area is 126 Å². The molecule has 2 aromatic carbocycles. The highest BCUT2D eigenvalue weighted by Crippen LogP contribution is 2.17. The summed E-state index contributed by atoms with van der Waals surface area (Å²) in [5, 5.41) is 6.12. The van der Waals surface area contributed by atoms with Crippen molar-refractivity contribution in [3.05, 3.63) is 64.7 Å². The molecule has 21 heavy (non-hydrogen) atoms. The molecular formula is C18H22N2O. The van der Waals surface area contributed by atoms with Crippen molar-refractivity contribution in [3.8, 4) is 0 Å². The molecule has 0 fully saturated rings. The minimum Gasteiger partial charge on any atom is -0.325 e. The van der Waals surface area contributed by atoms with Crippen molar-refractivity contribution in [1.29, 1.82) is 0 Å². The van der Waals surface area contributed by atoms with Crippen LogP contribution >= 0.6 is 0 Å². The predicted molar refractivity (Wildman–Crippen MR) is 87.4 cm³/mol. The molecule has 0 spiro atoms. The fourth-order valence-corrected chi connectivity index (χ4v) is 2.22. The highest BCUT2D eigenvalue weighted by atomic mass is 16.1. The number of carbonyl (C=O) groups is 1. The summed E-state index contributed by atoms with van der Waals surface area (Å²) in [6.07, 6.45) is 0. The van der Waals surface area contributed by atoms with Gasteiger partial charge in [0.15, 0.2) is 0 Å². The quantitative estimate of drug-likeness (QED) is 0.883. The third kappa shape index (κ3) is 4.43. The van der Waals surface area contributed by atoms with E-state index in [2.05, 4.69) is 35.8 Å². The van der Waals surface area contributed by atoms with Crippen molar-refractivity contribution in [2.75, 3.05) is 11.9 Å². The van der Waals surface area contributed by atoms with Crippen LogP contribution in [0.4, 0.5) is 5.69 Å². The van der Waals surface area contributed by atoms with Crippen LogP contribution in [0.1, 0.15) is 22.3 Å². The summed E-state index contributed by atoms with van der Waals surface area (Å²) in [4.78, 5) is 12.0. The molecule has 0 saturated heterocycles. The second-order valence-electron chi connectivity index (χ2n) is 5.39. The van der Waals surface area contributed by atoms with Crippen LogP contribution in [0, 0.1) is 20.8 Å². The molecule has 0 aromatic heterocycles. The lowest BCUT2D eigenvalue weighted by molar-refractivity contribution is -0.115. The van der Waals surface area contributed by atoms with Gasteiger partial charge in [0.2, 0.25) is 5.91 Å². The van der Waals surface area contributed by atoms with Crippen LogP contribution < -0.4 is 10.6 Å². The van der Waals surface area contributed by atoms with Crippen LogP contribution in [0.25, 0.3) is 0 Å². The van der Waals surface area contributed by atoms with Gasteiger partial charge in [-0.05, 0) is 43.5 Å². The van der Waals surface area contributed by atoms with E-state index in [9.17, 15) is 4.79 Å². The number of hydrogen-bond donors (Lipinski definition) is 2. The van der Waals surface area contributed by atoms with Crippen LogP contribution in [0.3, 0.4) is 0 Å². The molecule has 0 bridgehead atoms. The van der Waals surface area contributed by atoms with E-state index in [1.165, 1.54) is 16.7 Å². The Bertz CT molecular complexity index is 635. The molecule has 2 N–H and O–H groups in total. The number of aryl methyl sites for hydroxylation is 2. The molecule has 0 aliphatic rings. The van der Waals surface area contributed by atoms with Crippen LogP contribution in [0.5, 0.6) is 0 Å². The molecule has 0 aliphatic carbocycles. The first-order valence-electron chi connectivity index (χ1n) is 7.18. The third-order valence-corrected chi connectivity index (χ3v) is 3.58. The zero-order valence-electron chi connectivity index (χ0n) is 12.9. The number of amides is 1. The number of carbonyl (C=O) groups excluding carboxylic acids is 1. The number of anilines is 1. The minimum atomic E-state index is -0.0173. The molecule has 0 saturated carbocycles. The van der Waals surface area contributed by atoms with E-state index in [4.69, 9.17) is 0 Å². The second kappa shape index (κ2) is 7.04. The van der Waals surface area contributed by atoms with E-state index in [0.717, 1.165) is 11.3 Å². The molecule has 3 nitrogen and oxygen atoms in total. The molecule has 0 heterocycles. The van der Waals surface area contributed by atoms with Crippen LogP contribution in [0.15, 0.2) is 42.5 Å². The van der Waals surface area contributed by atoms with Gasteiger partial charge in [0.25, 0.3) is 0 Å². The lowest BCUT2D eigenvalue weighted by atomic mass is 10.1. The molecule has 0 aliphatic heterocycles. The Morgan fingerprint density at radius 1 is 1.05 bits per heavy atom. The van der Waals surface area contributed by atoms with Crippen molar-refractivity contribution in [3.63, 3.8) is 0 Å². The van der Waals surface area contributed by atoms with Gasteiger partial charge in [-0.25, -0.2) is 0 Å². The van der Waals surface area contributed by atoms with Gasteiger partial charge in [0, 0.05) is 12.2 Å². The maximum absolute atomic E-state index is 12.0. The van der Waals surface area contributed by atoms with Gasteiger partial charge >= 0.3 is 0 Å². The van der Waals surface area contributed by atoms with E-state index >= 15 is 0 Å². The lowest BCUT2D eigenvalue weighted by Crippen LogP contribution is -2.28. The van der Waals surface area contributed by atoms with Gasteiger partial charge in [-0.2, -0.15) is 0 Å². The summed E-state index contributed by atoms with van der Waals surface area (Å²) in [5.74, 6) is -0.0173. The molecule has 0 radical (unpaired) electrons. The van der Waals surface area contributed by atoms with Gasteiger partial charge in [-0.1, -0.05) is 42.0 Å². The summed E-state index contributed by atoms with van der Waals surface area (Å²) in [7, 11) is 0. The zero-order valence-corrected chi connectivity index (χ0v) is 12.9. The number of benzene rings is 2. The van der Waals surface area contributed by atoms with Crippen molar-refractivity contribution in [1.82, 2.24) is 5.32 Å². The average molecular weight is 282 g/mol. The van der Waals surface area contributed by atoms with Crippen LogP contribution in [-0.4, -0.2) is 12.5 Å². The number of hydrogen-bond acceptors (Lipinski definition) is 2. The van der Waals surface area contributed by atoms with E-state index in [-0.39, 0.29) is 5.91 Å². The molecule has 3 heteroatoms. The minimum absolute atomic E-state index is 0.0173. The maximum Gasteiger partial charge on any atom is 0.238 e. The first kappa shape index (κ1) is 15.3. The lowest BCUT2D eigenvalue weighted by Gasteiger charge is -2.11. The van der Waals surface area contributed by atoms with Crippen molar-refractivity contribution in [2.24, 2.45) is 0 Å². The van der Waals surface area contributed by atoms with Crippen LogP contribution in [-0.2, 0) is 11.3 Å². The first-order chi connectivity index (χ1) is 10.1. The largest absolute Gasteiger partial charge is 0.325 e. The first-order valence-corrected chi connectivity index (χ1v) is 7.18. The zero-order chi connectivity index (χ0) is 15.2. The highest BCUT2D eigenvalue weighted by Gasteiger charge is 2.05. The SMILES string of the molecule is Cc1cccc(CNCC(=O)Nc2cccc(C)c2C)c1. The van der Waals surface area contributed by atoms with Gasteiger partial charge in [-0.15, -0.1) is 0 Å². The van der Waals surface area contributed by atoms with Crippen molar-refractivity contribution >= 4 is 11.6 Å². The van der Waals surface area contributed by atoms with Crippen molar-refractivity contribution in [2.45, 2.75) is 27.3 Å². The molecule has 0 unspecified atom stereocenters. The van der Waals surface area contributed by atoms with E-state index in [1.54, 1.807) is 0 Å². The van der Waals surface area contributed by atoms with Gasteiger partial charge in [-0.3, -0.25) is 4.79 Å². The molecular weight excluding hydrogens is 260 g/mol. The Kier molecular flexibility index (Phi) is 5.12. The normalized spacial score (nSPS) is 10.4. The molecule has 0 atom stereocenters. The van der Waals surface area contributed by atoms with E-state index < -0.39 is 0 Å². The Morgan fingerprint density at radius 3 is 2.57 bits per heavy atom. The summed E-state index contributed by atoms with van der Waals surface area (Å²) >= 11 is 0. The van der Waals surface area contributed by atoms with Crippen molar-refractivity contribution < 1.29 is 4.79 Å². The van der Waals surface area contributed by atoms with E-state index in [1.807, 2.05) is 38.1 Å². The number of rotatable bonds is 5. The fraction of sp³-hybridized carbons (Fsp3) is 0.278. The Morgan fingerprint density at radius 2 is 1.81 bits per heavy atom. The monoisotopic (exact) mass is 282 g/mol. The topological polar surface area (TPSA) is 41.1 Å². The fourth-order valence-electron chi connectivity index (χ4n) is 2.22. The summed E-state index contributed by atoms with van der Waals surface area (Å²) in [6, 6.07) is 14.2. The van der Waals surface area contributed by atoms with Gasteiger partial charge < -0.3 is 10.6 Å². The maximum atomic E-state index is 12.0. The highest BCUT2D eigenvalue weighted by molar-refractivity contribution is 5.93. The second-order valence-corrected chi connectivity index (χ2v) is 5.39. The molecule has 1 amide bonds. The van der Waals surface area contributed by atoms with Crippen LogP contribution in [0.2, 0.25) is 0 Å². The molecule has 2 rings (SSSR count). The average Bonchev–Trinajstić information content (AvgIpc) is 2.44. The van der Waals surface area contributed by atoms with Gasteiger partial charge in [0.1, 0.15) is 0 Å². The molecule has 2 aromatic rings. The van der Waals surface area contributed by atoms with Gasteiger partial charge in [0.05, 0.1) is 6.54 Å². The summed E-state index contributed by atoms with van der Waals surface area (Å²) in [5.41, 5.74) is 5.60. The van der Waals surface area contributed by atoms with E-state index in [0.29, 0.717) is 13.1 Å². The standard InChI is InChI=1S/C18H22N2O/c1-13-6-4-8-16(10-13)11-19-12-18(21)20-17-9-5-7-14(2)15(17)3/h4-10,19H,11-12H2,1-3H3,(H,20,21). The predicted octanol–water partition coefficient (Wildman–Crippen LogP) is 3.34. The smallest absolute Gasteiger partial charge is 0.238 e. The summed E-state index contributed by atoms with van der Waals surface area (Å²) in [6.45, 7) is 7.13. The Hall–Kier alpha value is -2.13. The third-order valence-electron chi connectivity index (χ3n) is 3.58.